The first-order valence-corrected chi connectivity index (χ1v) is 9.63. The highest BCUT2D eigenvalue weighted by Gasteiger charge is 2.30. The van der Waals surface area contributed by atoms with Gasteiger partial charge in [-0.2, -0.15) is 5.10 Å². The Morgan fingerprint density at radius 3 is 2.48 bits per heavy atom. The molecule has 27 heavy (non-hydrogen) atoms. The molecule has 7 nitrogen and oxygen atoms in total. The molecule has 0 radical (unpaired) electrons. The maximum atomic E-state index is 12.4. The highest BCUT2D eigenvalue weighted by Crippen LogP contribution is 2.26. The van der Waals surface area contributed by atoms with E-state index in [1.807, 2.05) is 51.7 Å². The molecule has 1 amide bonds. The van der Waals surface area contributed by atoms with Crippen LogP contribution in [-0.4, -0.2) is 44.1 Å². The van der Waals surface area contributed by atoms with E-state index >= 15 is 0 Å². The second-order valence-corrected chi connectivity index (χ2v) is 8.54. The van der Waals surface area contributed by atoms with Gasteiger partial charge in [0.25, 0.3) is 0 Å². The number of piperidine rings is 1. The zero-order valence-electron chi connectivity index (χ0n) is 17.0. The number of likely N-dealkylation sites (tertiary alicyclic amines) is 1. The second kappa shape index (κ2) is 7.66. The van der Waals surface area contributed by atoms with Crippen molar-refractivity contribution >= 4 is 17.5 Å². The molecule has 3 heterocycles. The van der Waals surface area contributed by atoms with Crippen LogP contribution < -0.4 is 5.32 Å². The van der Waals surface area contributed by atoms with Crippen LogP contribution in [0.1, 0.15) is 50.8 Å². The lowest BCUT2D eigenvalue weighted by molar-refractivity contribution is -0.140. The van der Waals surface area contributed by atoms with Gasteiger partial charge in [0.15, 0.2) is 5.82 Å². The minimum atomic E-state index is -0.304. The first-order valence-electron chi connectivity index (χ1n) is 9.63. The number of amides is 1. The van der Waals surface area contributed by atoms with Crippen molar-refractivity contribution in [1.29, 1.82) is 0 Å². The van der Waals surface area contributed by atoms with Crippen molar-refractivity contribution in [2.24, 2.45) is 11.3 Å². The van der Waals surface area contributed by atoms with Gasteiger partial charge in [0.2, 0.25) is 5.91 Å². The topological polar surface area (TPSA) is 86.8 Å². The van der Waals surface area contributed by atoms with Crippen LogP contribution in [0.4, 0.5) is 11.6 Å². The number of anilines is 2. The highest BCUT2D eigenvalue weighted by molar-refractivity contribution is 5.81. The third-order valence-corrected chi connectivity index (χ3v) is 4.89. The van der Waals surface area contributed by atoms with Gasteiger partial charge in [-0.25, -0.2) is 9.97 Å². The molecule has 0 bridgehead atoms. The molecule has 0 saturated carbocycles. The van der Waals surface area contributed by atoms with Crippen molar-refractivity contribution in [3.05, 3.63) is 29.3 Å². The van der Waals surface area contributed by atoms with Crippen LogP contribution in [0, 0.1) is 25.2 Å². The number of carbonyl (C=O) groups excluding carboxylic acids is 1. The van der Waals surface area contributed by atoms with Gasteiger partial charge < -0.3 is 10.2 Å². The number of aromatic amines is 1. The van der Waals surface area contributed by atoms with Crippen LogP contribution in [0.3, 0.4) is 0 Å². The summed E-state index contributed by atoms with van der Waals surface area (Å²) in [4.78, 5) is 23.5. The molecule has 2 aromatic rings. The highest BCUT2D eigenvalue weighted by atomic mass is 16.2. The monoisotopic (exact) mass is 370 g/mol. The standard InChI is InChI=1S/C20H30N6O/c1-13-10-18(25-24-13)23-17-12-16(21-14(2)22-17)11-15-6-8-26(9-7-15)19(27)20(3,4)5/h10,12,15H,6-9,11H2,1-5H3,(H2,21,22,23,24,25). The number of aryl methyl sites for hydroxylation is 2. The molecular weight excluding hydrogens is 340 g/mol. The van der Waals surface area contributed by atoms with E-state index in [9.17, 15) is 4.79 Å². The molecule has 0 spiro atoms. The smallest absolute Gasteiger partial charge is 0.227 e. The number of nitrogens with zero attached hydrogens (tertiary/aromatic N) is 4. The van der Waals surface area contributed by atoms with Crippen molar-refractivity contribution in [1.82, 2.24) is 25.1 Å². The number of hydrogen-bond acceptors (Lipinski definition) is 5. The van der Waals surface area contributed by atoms with E-state index in [0.717, 1.165) is 61.2 Å². The average Bonchev–Trinajstić information content (AvgIpc) is 2.98. The third kappa shape index (κ3) is 5.05. The van der Waals surface area contributed by atoms with Gasteiger partial charge in [0.05, 0.1) is 0 Å². The Bertz CT molecular complexity index is 799. The van der Waals surface area contributed by atoms with Crippen LogP contribution >= 0.6 is 0 Å². The Balaban J connectivity index is 1.60. The predicted molar refractivity (Wildman–Crippen MR) is 106 cm³/mol. The maximum absolute atomic E-state index is 12.4. The lowest BCUT2D eigenvalue weighted by atomic mass is 9.89. The van der Waals surface area contributed by atoms with E-state index in [0.29, 0.717) is 5.92 Å². The van der Waals surface area contributed by atoms with Crippen LogP contribution in [0.15, 0.2) is 12.1 Å². The van der Waals surface area contributed by atoms with Crippen LogP contribution in [0.25, 0.3) is 0 Å². The maximum Gasteiger partial charge on any atom is 0.227 e. The molecule has 1 aliphatic rings. The Kier molecular flexibility index (Phi) is 5.48. The molecule has 7 heteroatoms. The van der Waals surface area contributed by atoms with E-state index in [1.165, 1.54) is 0 Å². The fourth-order valence-corrected chi connectivity index (χ4v) is 3.52. The molecular formula is C20H30N6O. The molecule has 1 saturated heterocycles. The number of carbonyl (C=O) groups is 1. The fourth-order valence-electron chi connectivity index (χ4n) is 3.52. The van der Waals surface area contributed by atoms with Crippen LogP contribution in [-0.2, 0) is 11.2 Å². The van der Waals surface area contributed by atoms with Gasteiger partial charge >= 0.3 is 0 Å². The Hall–Kier alpha value is -2.44. The van der Waals surface area contributed by atoms with Crippen molar-refractivity contribution in [2.75, 3.05) is 18.4 Å². The molecule has 2 N–H and O–H groups in total. The molecule has 146 valence electrons. The minimum absolute atomic E-state index is 0.250. The van der Waals surface area contributed by atoms with Crippen molar-refractivity contribution < 1.29 is 4.79 Å². The fraction of sp³-hybridized carbons (Fsp3) is 0.600. The molecule has 0 unspecified atom stereocenters. The second-order valence-electron chi connectivity index (χ2n) is 8.54. The summed E-state index contributed by atoms with van der Waals surface area (Å²) in [6, 6.07) is 3.95. The van der Waals surface area contributed by atoms with E-state index in [4.69, 9.17) is 0 Å². The summed E-state index contributed by atoms with van der Waals surface area (Å²) in [7, 11) is 0. The van der Waals surface area contributed by atoms with Crippen LogP contribution in [0.5, 0.6) is 0 Å². The van der Waals surface area contributed by atoms with E-state index in [1.54, 1.807) is 0 Å². The normalized spacial score (nSPS) is 15.8. The zero-order valence-corrected chi connectivity index (χ0v) is 17.0. The average molecular weight is 371 g/mol. The third-order valence-electron chi connectivity index (χ3n) is 4.89. The summed E-state index contributed by atoms with van der Waals surface area (Å²) in [5, 5.41) is 10.4. The predicted octanol–water partition coefficient (Wildman–Crippen LogP) is 3.39. The van der Waals surface area contributed by atoms with Gasteiger partial charge in [0, 0.05) is 42.0 Å². The summed E-state index contributed by atoms with van der Waals surface area (Å²) in [6.45, 7) is 11.5. The largest absolute Gasteiger partial charge is 0.342 e. The van der Waals surface area contributed by atoms with Crippen molar-refractivity contribution in [3.8, 4) is 0 Å². The van der Waals surface area contributed by atoms with Gasteiger partial charge in [-0.05, 0) is 39.0 Å². The van der Waals surface area contributed by atoms with Gasteiger partial charge in [0.1, 0.15) is 11.6 Å². The summed E-state index contributed by atoms with van der Waals surface area (Å²) < 4.78 is 0. The summed E-state index contributed by atoms with van der Waals surface area (Å²) in [5.74, 6) is 3.07. The summed E-state index contributed by atoms with van der Waals surface area (Å²) >= 11 is 0. The molecule has 0 atom stereocenters. The van der Waals surface area contributed by atoms with E-state index in [-0.39, 0.29) is 11.3 Å². The lowest BCUT2D eigenvalue weighted by Crippen LogP contribution is -2.44. The summed E-state index contributed by atoms with van der Waals surface area (Å²) in [5.41, 5.74) is 1.74. The van der Waals surface area contributed by atoms with Crippen molar-refractivity contribution in [3.63, 3.8) is 0 Å². The van der Waals surface area contributed by atoms with Crippen molar-refractivity contribution in [2.45, 2.75) is 53.9 Å². The Morgan fingerprint density at radius 2 is 1.89 bits per heavy atom. The number of rotatable bonds is 4. The van der Waals surface area contributed by atoms with E-state index in [2.05, 4.69) is 25.5 Å². The molecule has 2 aromatic heterocycles. The van der Waals surface area contributed by atoms with Gasteiger partial charge in [-0.1, -0.05) is 20.8 Å². The molecule has 1 aliphatic heterocycles. The molecule has 0 aromatic carbocycles. The SMILES string of the molecule is Cc1nc(CC2CCN(C(=O)C(C)(C)C)CC2)cc(Nc2cc(C)[nH]n2)n1. The van der Waals surface area contributed by atoms with Gasteiger partial charge in [-0.15, -0.1) is 0 Å². The quantitative estimate of drug-likeness (QED) is 0.861. The number of hydrogen-bond donors (Lipinski definition) is 2. The van der Waals surface area contributed by atoms with Gasteiger partial charge in [-0.3, -0.25) is 9.89 Å². The number of nitrogens with one attached hydrogen (secondary N) is 2. The summed E-state index contributed by atoms with van der Waals surface area (Å²) in [6.07, 6.45) is 2.95. The Morgan fingerprint density at radius 1 is 1.19 bits per heavy atom. The molecule has 0 aliphatic carbocycles. The zero-order chi connectivity index (χ0) is 19.6. The number of H-pyrrole nitrogens is 1. The van der Waals surface area contributed by atoms with Crippen LogP contribution in [0.2, 0.25) is 0 Å². The first kappa shape index (κ1) is 19.3. The minimum Gasteiger partial charge on any atom is -0.342 e. The molecule has 1 fully saturated rings. The lowest BCUT2D eigenvalue weighted by Gasteiger charge is -2.35. The first-order chi connectivity index (χ1) is 12.7. The molecule has 3 rings (SSSR count). The Labute approximate surface area is 161 Å². The van der Waals surface area contributed by atoms with E-state index < -0.39 is 0 Å². The number of aromatic nitrogens is 4.